The van der Waals surface area contributed by atoms with Crippen LogP contribution in [-0.2, 0) is 14.8 Å². The van der Waals surface area contributed by atoms with E-state index in [2.05, 4.69) is 0 Å². The first-order valence-electron chi connectivity index (χ1n) is 8.60. The maximum absolute atomic E-state index is 13.4. The zero-order valence-electron chi connectivity index (χ0n) is 15.5. The molecule has 5 nitrogen and oxygen atoms in total. The third-order valence-corrected chi connectivity index (χ3v) is 8.74. The molecule has 1 aliphatic heterocycles. The molecule has 0 bridgehead atoms. The Labute approximate surface area is 154 Å². The minimum absolute atomic E-state index is 0.0734. The first kappa shape index (κ1) is 18.7. The average Bonchev–Trinajstić information content (AvgIpc) is 3.27. The number of nitrogens with zero attached hydrogens (tertiary/aromatic N) is 2. The minimum atomic E-state index is -3.71. The number of benzene rings is 1. The predicted molar refractivity (Wildman–Crippen MR) is 101 cm³/mol. The smallest absolute Gasteiger partial charge is 0.245 e. The van der Waals surface area contributed by atoms with Crippen molar-refractivity contribution in [3.8, 4) is 0 Å². The molecule has 1 aromatic rings. The van der Waals surface area contributed by atoms with Crippen LogP contribution in [0.1, 0.15) is 35.1 Å². The molecule has 25 heavy (non-hydrogen) atoms. The maximum atomic E-state index is 13.4. The zero-order chi connectivity index (χ0) is 18.5. The molecule has 3 rings (SSSR count). The maximum Gasteiger partial charge on any atom is 0.245 e. The Kier molecular flexibility index (Phi) is 4.94. The highest BCUT2D eigenvalue weighted by Gasteiger charge is 2.44. The molecule has 138 valence electrons. The van der Waals surface area contributed by atoms with E-state index in [0.717, 1.165) is 35.1 Å². The van der Waals surface area contributed by atoms with Gasteiger partial charge in [-0.05, 0) is 62.8 Å². The topological polar surface area (TPSA) is 57.7 Å². The van der Waals surface area contributed by atoms with Gasteiger partial charge in [0.2, 0.25) is 15.9 Å². The second-order valence-electron chi connectivity index (χ2n) is 7.18. The molecule has 1 amide bonds. The van der Waals surface area contributed by atoms with Crippen molar-refractivity contribution in [2.45, 2.75) is 57.5 Å². The minimum Gasteiger partial charge on any atom is -0.341 e. The molecule has 0 aromatic heterocycles. The molecule has 1 aliphatic carbocycles. The Bertz CT molecular complexity index is 790. The van der Waals surface area contributed by atoms with Crippen molar-refractivity contribution in [3.63, 3.8) is 0 Å². The lowest BCUT2D eigenvalue weighted by Crippen LogP contribution is -2.48. The summed E-state index contributed by atoms with van der Waals surface area (Å²) in [5.41, 5.74) is 3.49. The molecule has 1 atom stereocenters. The average molecular weight is 383 g/mol. The van der Waals surface area contributed by atoms with Crippen LogP contribution in [0.2, 0.25) is 0 Å². The number of carbonyl (C=O) groups is 1. The van der Waals surface area contributed by atoms with Gasteiger partial charge in [0.05, 0.1) is 10.8 Å². The third-order valence-electron chi connectivity index (χ3n) is 5.43. The van der Waals surface area contributed by atoms with Gasteiger partial charge in [0.1, 0.15) is 6.04 Å². The molecule has 0 N–H and O–H groups in total. The Morgan fingerprint density at radius 3 is 2.24 bits per heavy atom. The van der Waals surface area contributed by atoms with Gasteiger partial charge < -0.3 is 4.90 Å². The van der Waals surface area contributed by atoms with Gasteiger partial charge in [-0.3, -0.25) is 4.79 Å². The second kappa shape index (κ2) is 6.59. The third kappa shape index (κ3) is 3.22. The summed E-state index contributed by atoms with van der Waals surface area (Å²) in [5.74, 6) is 0.789. The van der Waals surface area contributed by atoms with E-state index < -0.39 is 16.1 Å². The van der Waals surface area contributed by atoms with Gasteiger partial charge in [-0.1, -0.05) is 6.07 Å². The van der Waals surface area contributed by atoms with Crippen LogP contribution in [0.5, 0.6) is 0 Å². The summed E-state index contributed by atoms with van der Waals surface area (Å²) in [5, 5.41) is 0. The fourth-order valence-electron chi connectivity index (χ4n) is 3.42. The lowest BCUT2D eigenvalue weighted by Gasteiger charge is -2.28. The number of carbonyl (C=O) groups excluding carboxylic acids is 1. The van der Waals surface area contributed by atoms with Crippen LogP contribution in [0.3, 0.4) is 0 Å². The fourth-order valence-corrected chi connectivity index (χ4v) is 7.13. The Balaban J connectivity index is 2.01. The molecule has 2 aliphatic rings. The number of sulfonamides is 1. The second-order valence-corrected chi connectivity index (χ2v) is 10.0. The number of hydrogen-bond donors (Lipinski definition) is 0. The summed E-state index contributed by atoms with van der Waals surface area (Å²) in [6.45, 7) is 7.57. The quantitative estimate of drug-likeness (QED) is 0.803. The molecule has 1 saturated heterocycles. The van der Waals surface area contributed by atoms with E-state index in [4.69, 9.17) is 0 Å². The van der Waals surface area contributed by atoms with E-state index in [1.165, 1.54) is 16.1 Å². The van der Waals surface area contributed by atoms with Gasteiger partial charge in [0.25, 0.3) is 0 Å². The lowest BCUT2D eigenvalue weighted by molar-refractivity contribution is -0.133. The molecule has 1 saturated carbocycles. The van der Waals surface area contributed by atoms with E-state index in [1.807, 2.05) is 33.8 Å². The van der Waals surface area contributed by atoms with Crippen molar-refractivity contribution in [1.82, 2.24) is 9.21 Å². The van der Waals surface area contributed by atoms with Crippen molar-refractivity contribution in [3.05, 3.63) is 28.3 Å². The van der Waals surface area contributed by atoms with Crippen molar-refractivity contribution < 1.29 is 13.2 Å². The highest BCUT2D eigenvalue weighted by molar-refractivity contribution is 8.00. The number of rotatable bonds is 4. The molecular weight excluding hydrogens is 356 g/mol. The SMILES string of the molecule is Cc1cc(C)c(C)c(S(=O)(=O)N2CSCC2C(=O)N(C)C2CC2)c1C. The largest absolute Gasteiger partial charge is 0.341 e. The lowest BCUT2D eigenvalue weighted by atomic mass is 10.0. The monoisotopic (exact) mass is 382 g/mol. The summed E-state index contributed by atoms with van der Waals surface area (Å²) in [4.78, 5) is 14.9. The highest BCUT2D eigenvalue weighted by atomic mass is 32.2. The molecule has 1 heterocycles. The van der Waals surface area contributed by atoms with Crippen LogP contribution in [-0.4, -0.2) is 54.3 Å². The molecule has 7 heteroatoms. The van der Waals surface area contributed by atoms with Gasteiger partial charge in [-0.2, -0.15) is 4.31 Å². The Morgan fingerprint density at radius 1 is 1.16 bits per heavy atom. The number of aryl methyl sites for hydroxylation is 2. The summed E-state index contributed by atoms with van der Waals surface area (Å²) < 4.78 is 28.3. The summed E-state index contributed by atoms with van der Waals surface area (Å²) in [6.07, 6.45) is 2.04. The molecule has 1 aromatic carbocycles. The van der Waals surface area contributed by atoms with Crippen molar-refractivity contribution >= 4 is 27.7 Å². The van der Waals surface area contributed by atoms with Gasteiger partial charge in [-0.15, -0.1) is 11.8 Å². The Hall–Kier alpha value is -1.05. The van der Waals surface area contributed by atoms with E-state index in [-0.39, 0.29) is 11.9 Å². The molecule has 1 unspecified atom stereocenters. The van der Waals surface area contributed by atoms with Crippen LogP contribution in [0.4, 0.5) is 0 Å². The van der Waals surface area contributed by atoms with E-state index in [0.29, 0.717) is 16.5 Å². The molecule has 2 fully saturated rings. The van der Waals surface area contributed by atoms with Crippen molar-refractivity contribution in [2.75, 3.05) is 18.7 Å². The standard InChI is InChI=1S/C18H26N2O3S2/c1-11-8-12(2)14(4)17(13(11)3)25(22,23)20-10-24-9-16(20)18(21)19(5)15-6-7-15/h8,15-16H,6-7,9-10H2,1-5H3. The molecule has 0 spiro atoms. The van der Waals surface area contributed by atoms with Gasteiger partial charge in [0.15, 0.2) is 0 Å². The van der Waals surface area contributed by atoms with E-state index >= 15 is 0 Å². The first-order valence-corrected chi connectivity index (χ1v) is 11.2. The predicted octanol–water partition coefficient (Wildman–Crippen LogP) is 2.60. The molecule has 0 radical (unpaired) electrons. The fraction of sp³-hybridized carbons (Fsp3) is 0.611. The summed E-state index contributed by atoms with van der Waals surface area (Å²) in [6, 6.07) is 1.71. The van der Waals surface area contributed by atoms with Crippen molar-refractivity contribution in [2.24, 2.45) is 0 Å². The van der Waals surface area contributed by atoms with E-state index in [1.54, 1.807) is 11.9 Å². The van der Waals surface area contributed by atoms with E-state index in [9.17, 15) is 13.2 Å². The van der Waals surface area contributed by atoms with Crippen LogP contribution in [0, 0.1) is 27.7 Å². The van der Waals surface area contributed by atoms with Crippen LogP contribution >= 0.6 is 11.8 Å². The number of amides is 1. The van der Waals surface area contributed by atoms with Crippen LogP contribution in [0.25, 0.3) is 0 Å². The summed E-state index contributed by atoms with van der Waals surface area (Å²) >= 11 is 1.51. The van der Waals surface area contributed by atoms with Gasteiger partial charge in [0, 0.05) is 18.8 Å². The Morgan fingerprint density at radius 2 is 1.72 bits per heavy atom. The molecular formula is C18H26N2O3S2. The zero-order valence-corrected chi connectivity index (χ0v) is 17.1. The normalized spacial score (nSPS) is 21.6. The van der Waals surface area contributed by atoms with Gasteiger partial charge in [-0.25, -0.2) is 8.42 Å². The number of hydrogen-bond acceptors (Lipinski definition) is 4. The highest BCUT2D eigenvalue weighted by Crippen LogP contribution is 2.35. The number of thioether (sulfide) groups is 1. The van der Waals surface area contributed by atoms with Gasteiger partial charge >= 0.3 is 0 Å². The number of likely N-dealkylation sites (N-methyl/N-ethyl adjacent to an activating group) is 1. The van der Waals surface area contributed by atoms with Crippen LogP contribution in [0.15, 0.2) is 11.0 Å². The van der Waals surface area contributed by atoms with Crippen LogP contribution < -0.4 is 0 Å². The first-order chi connectivity index (χ1) is 11.7. The van der Waals surface area contributed by atoms with Crippen molar-refractivity contribution in [1.29, 1.82) is 0 Å². The summed E-state index contributed by atoms with van der Waals surface area (Å²) in [7, 11) is -1.92.